The lowest BCUT2D eigenvalue weighted by atomic mass is 10.1. The monoisotopic (exact) mass is 488 g/mol. The lowest BCUT2D eigenvalue weighted by Crippen LogP contribution is -2.16. The van der Waals surface area contributed by atoms with Crippen LogP contribution in [-0.2, 0) is 9.53 Å². The number of carbonyl (C=O) groups is 2. The number of hydrogen-bond acceptors (Lipinski definition) is 6. The predicted molar refractivity (Wildman–Crippen MR) is 126 cm³/mol. The molecule has 0 spiro atoms. The van der Waals surface area contributed by atoms with Crippen molar-refractivity contribution in [3.63, 3.8) is 0 Å². The van der Waals surface area contributed by atoms with Crippen LogP contribution in [0.1, 0.15) is 33.5 Å². The molecular formula is C23H18Cl2N2O4S. The van der Waals surface area contributed by atoms with Gasteiger partial charge in [-0.25, -0.2) is 4.79 Å². The summed E-state index contributed by atoms with van der Waals surface area (Å²) in [5.74, 6) is -0.530. The Bertz CT molecular complexity index is 1250. The molecule has 0 aliphatic carbocycles. The molecule has 3 rings (SSSR count). The molecule has 9 heteroatoms. The van der Waals surface area contributed by atoms with Crippen molar-refractivity contribution in [1.29, 1.82) is 5.26 Å². The molecule has 0 unspecified atom stereocenters. The van der Waals surface area contributed by atoms with E-state index in [-0.39, 0.29) is 23.5 Å². The van der Waals surface area contributed by atoms with E-state index in [9.17, 15) is 14.9 Å². The second kappa shape index (κ2) is 10.0. The van der Waals surface area contributed by atoms with Crippen LogP contribution in [0.5, 0.6) is 0 Å². The van der Waals surface area contributed by atoms with Gasteiger partial charge in [0.2, 0.25) is 0 Å². The van der Waals surface area contributed by atoms with Crippen LogP contribution >= 0.6 is 34.5 Å². The third-order valence-electron chi connectivity index (χ3n) is 4.58. The average Bonchev–Trinajstić information content (AvgIpc) is 3.30. The number of nitriles is 1. The summed E-state index contributed by atoms with van der Waals surface area (Å²) in [6, 6.07) is 10.2. The number of amides is 1. The molecule has 0 fully saturated rings. The molecule has 6 nitrogen and oxygen atoms in total. The number of thiophene rings is 1. The molecule has 2 aromatic heterocycles. The van der Waals surface area contributed by atoms with Crippen LogP contribution < -0.4 is 5.32 Å². The fraction of sp³-hybridized carbons (Fsp3) is 0.174. The average molecular weight is 489 g/mol. The van der Waals surface area contributed by atoms with Gasteiger partial charge < -0.3 is 14.5 Å². The highest BCUT2D eigenvalue weighted by molar-refractivity contribution is 7.16. The number of nitrogens with zero attached hydrogens (tertiary/aromatic N) is 1. The zero-order valence-electron chi connectivity index (χ0n) is 17.4. The number of hydrogen-bond donors (Lipinski definition) is 1. The van der Waals surface area contributed by atoms with Gasteiger partial charge in [0.05, 0.1) is 27.8 Å². The fourth-order valence-electron chi connectivity index (χ4n) is 2.92. The van der Waals surface area contributed by atoms with Crippen LogP contribution in [0.3, 0.4) is 0 Å². The first-order chi connectivity index (χ1) is 15.3. The van der Waals surface area contributed by atoms with Crippen LogP contribution in [0.25, 0.3) is 17.4 Å². The van der Waals surface area contributed by atoms with Gasteiger partial charge >= 0.3 is 5.97 Å². The highest BCUT2D eigenvalue weighted by Crippen LogP contribution is 2.36. The van der Waals surface area contributed by atoms with E-state index in [1.165, 1.54) is 17.4 Å². The Morgan fingerprint density at radius 3 is 2.53 bits per heavy atom. The molecule has 0 saturated carbocycles. The first-order valence-corrected chi connectivity index (χ1v) is 11.1. The number of rotatable bonds is 6. The minimum atomic E-state index is -0.673. The van der Waals surface area contributed by atoms with E-state index in [0.29, 0.717) is 26.4 Å². The summed E-state index contributed by atoms with van der Waals surface area (Å²) in [7, 11) is 0. The van der Waals surface area contributed by atoms with Crippen molar-refractivity contribution in [3.05, 3.63) is 67.7 Å². The van der Waals surface area contributed by atoms with Crippen LogP contribution in [0, 0.1) is 25.2 Å². The summed E-state index contributed by atoms with van der Waals surface area (Å²) in [6.07, 6.45) is 1.31. The quantitative estimate of drug-likeness (QED) is 0.238. The first-order valence-electron chi connectivity index (χ1n) is 9.51. The maximum atomic E-state index is 12.8. The maximum Gasteiger partial charge on any atom is 0.341 e. The van der Waals surface area contributed by atoms with E-state index in [1.807, 2.05) is 13.0 Å². The molecule has 1 N–H and O–H groups in total. The van der Waals surface area contributed by atoms with Gasteiger partial charge in [0.1, 0.15) is 28.2 Å². The number of esters is 1. The smallest absolute Gasteiger partial charge is 0.341 e. The molecule has 0 saturated heterocycles. The largest absolute Gasteiger partial charge is 0.462 e. The summed E-state index contributed by atoms with van der Waals surface area (Å²) in [5.41, 5.74) is 1.32. The van der Waals surface area contributed by atoms with Gasteiger partial charge in [0, 0.05) is 11.0 Å². The molecule has 164 valence electrons. The van der Waals surface area contributed by atoms with Gasteiger partial charge in [-0.3, -0.25) is 4.79 Å². The van der Waals surface area contributed by atoms with Crippen LogP contribution in [0.4, 0.5) is 5.00 Å². The number of carbonyl (C=O) groups excluding carboxylic acids is 2. The summed E-state index contributed by atoms with van der Waals surface area (Å²) in [4.78, 5) is 25.9. The summed E-state index contributed by atoms with van der Waals surface area (Å²) in [6.45, 7) is 5.53. The van der Waals surface area contributed by atoms with Crippen molar-refractivity contribution >= 4 is 57.5 Å². The molecule has 1 amide bonds. The number of ether oxygens (including phenoxy) is 1. The van der Waals surface area contributed by atoms with Gasteiger partial charge in [-0.05, 0) is 50.6 Å². The van der Waals surface area contributed by atoms with Crippen molar-refractivity contribution < 1.29 is 18.7 Å². The maximum absolute atomic E-state index is 12.8. The van der Waals surface area contributed by atoms with Crippen molar-refractivity contribution in [1.82, 2.24) is 0 Å². The molecule has 0 bridgehead atoms. The highest BCUT2D eigenvalue weighted by atomic mass is 35.5. The molecule has 0 radical (unpaired) electrons. The molecule has 1 aromatic carbocycles. The van der Waals surface area contributed by atoms with Gasteiger partial charge in [0.25, 0.3) is 5.91 Å². The van der Waals surface area contributed by atoms with Crippen LogP contribution in [-0.4, -0.2) is 18.5 Å². The Morgan fingerprint density at radius 1 is 1.22 bits per heavy atom. The zero-order valence-corrected chi connectivity index (χ0v) is 19.7. The Kier molecular flexibility index (Phi) is 7.41. The highest BCUT2D eigenvalue weighted by Gasteiger charge is 2.23. The van der Waals surface area contributed by atoms with Gasteiger partial charge in [-0.1, -0.05) is 29.3 Å². The Labute approximate surface area is 199 Å². The minimum Gasteiger partial charge on any atom is -0.462 e. The molecule has 3 aromatic rings. The number of anilines is 1. The van der Waals surface area contributed by atoms with Gasteiger partial charge in [-0.2, -0.15) is 5.26 Å². The molecule has 0 aliphatic rings. The second-order valence-corrected chi connectivity index (χ2v) is 8.67. The zero-order chi connectivity index (χ0) is 23.4. The topological polar surface area (TPSA) is 92.3 Å². The summed E-state index contributed by atoms with van der Waals surface area (Å²) < 4.78 is 10.8. The standard InChI is InChI=1S/C23H18Cl2N2O4S/c1-4-30-23(29)19-12(2)13(3)32-22(19)27-21(28)14(11-26)10-15-8-9-18(31-15)20-16(24)6-5-7-17(20)25/h5-10H,4H2,1-3H3,(H,27,28). The Balaban J connectivity index is 1.89. The Hall–Kier alpha value is -3.05. The van der Waals surface area contributed by atoms with Crippen molar-refractivity contribution in [2.45, 2.75) is 20.8 Å². The van der Waals surface area contributed by atoms with E-state index in [4.69, 9.17) is 32.4 Å². The van der Waals surface area contributed by atoms with Crippen LogP contribution in [0.2, 0.25) is 10.0 Å². The summed E-state index contributed by atoms with van der Waals surface area (Å²) in [5, 5.41) is 13.3. The lowest BCUT2D eigenvalue weighted by molar-refractivity contribution is -0.112. The number of furan rings is 1. The van der Waals surface area contributed by atoms with Crippen molar-refractivity contribution in [2.75, 3.05) is 11.9 Å². The SMILES string of the molecule is CCOC(=O)c1c(NC(=O)C(C#N)=Cc2ccc(-c3c(Cl)cccc3Cl)o2)sc(C)c1C. The molecule has 0 aliphatic heterocycles. The van der Waals surface area contributed by atoms with E-state index in [0.717, 1.165) is 10.4 Å². The van der Waals surface area contributed by atoms with E-state index in [1.54, 1.807) is 44.2 Å². The normalized spacial score (nSPS) is 11.2. The fourth-order valence-corrected chi connectivity index (χ4v) is 4.55. The number of halogens is 2. The first kappa shape index (κ1) is 23.6. The summed E-state index contributed by atoms with van der Waals surface area (Å²) >= 11 is 13.7. The predicted octanol–water partition coefficient (Wildman–Crippen LogP) is 6.65. The van der Waals surface area contributed by atoms with Gasteiger partial charge in [0.15, 0.2) is 0 Å². The molecular weight excluding hydrogens is 471 g/mol. The number of nitrogens with one attached hydrogen (secondary N) is 1. The van der Waals surface area contributed by atoms with E-state index < -0.39 is 11.9 Å². The lowest BCUT2D eigenvalue weighted by Gasteiger charge is -2.06. The molecule has 2 heterocycles. The molecule has 32 heavy (non-hydrogen) atoms. The Morgan fingerprint density at radius 2 is 1.91 bits per heavy atom. The van der Waals surface area contributed by atoms with Gasteiger partial charge in [-0.15, -0.1) is 11.3 Å². The second-order valence-electron chi connectivity index (χ2n) is 6.63. The number of aryl methyl sites for hydroxylation is 1. The molecule has 0 atom stereocenters. The third kappa shape index (κ3) is 4.89. The van der Waals surface area contributed by atoms with E-state index in [2.05, 4.69) is 5.32 Å². The van der Waals surface area contributed by atoms with Crippen molar-refractivity contribution in [3.8, 4) is 17.4 Å². The third-order valence-corrected chi connectivity index (χ3v) is 6.33. The number of benzene rings is 1. The van der Waals surface area contributed by atoms with E-state index >= 15 is 0 Å². The van der Waals surface area contributed by atoms with Crippen LogP contribution in [0.15, 0.2) is 40.3 Å². The minimum absolute atomic E-state index is 0.199. The van der Waals surface area contributed by atoms with Crippen molar-refractivity contribution in [2.24, 2.45) is 0 Å².